The van der Waals surface area contributed by atoms with E-state index in [2.05, 4.69) is 12.2 Å². The van der Waals surface area contributed by atoms with Crippen molar-refractivity contribution in [3.05, 3.63) is 23.8 Å². The fourth-order valence-corrected chi connectivity index (χ4v) is 3.48. The molecule has 1 aromatic rings. The summed E-state index contributed by atoms with van der Waals surface area (Å²) in [6, 6.07) is 5.20. The number of carbonyl (C=O) groups is 2. The number of likely N-dealkylation sites (tertiary alicyclic amines) is 1. The van der Waals surface area contributed by atoms with Crippen LogP contribution in [0.5, 0.6) is 11.5 Å². The molecule has 0 aliphatic carbocycles. The fraction of sp³-hybridized carbons (Fsp3) is 0.619. The van der Waals surface area contributed by atoms with Gasteiger partial charge < -0.3 is 25.4 Å². The first-order valence-corrected chi connectivity index (χ1v) is 10.0. The maximum atomic E-state index is 12.9. The van der Waals surface area contributed by atoms with Crippen molar-refractivity contribution in [2.45, 2.75) is 45.1 Å². The van der Waals surface area contributed by atoms with E-state index in [1.54, 1.807) is 37.3 Å². The van der Waals surface area contributed by atoms with Gasteiger partial charge in [0.2, 0.25) is 5.91 Å². The molecule has 2 rings (SSSR count). The number of nitrogens with two attached hydrogens (primary N) is 1. The van der Waals surface area contributed by atoms with Crippen LogP contribution in [-0.2, 0) is 4.79 Å². The summed E-state index contributed by atoms with van der Waals surface area (Å²) < 4.78 is 10.5. The highest BCUT2D eigenvalue weighted by molar-refractivity contribution is 5.95. The van der Waals surface area contributed by atoms with Crippen molar-refractivity contribution in [3.8, 4) is 11.5 Å². The van der Waals surface area contributed by atoms with Gasteiger partial charge in [-0.15, -0.1) is 0 Å². The van der Waals surface area contributed by atoms with Gasteiger partial charge in [0, 0.05) is 43.2 Å². The first-order valence-electron chi connectivity index (χ1n) is 10.0. The lowest BCUT2D eigenvalue weighted by atomic mass is 9.94. The van der Waals surface area contributed by atoms with Crippen LogP contribution in [0.15, 0.2) is 18.2 Å². The Kier molecular flexibility index (Phi) is 8.57. The molecule has 1 heterocycles. The highest BCUT2D eigenvalue weighted by atomic mass is 16.5. The molecule has 1 atom stereocenters. The Hall–Kier alpha value is -2.28. The smallest absolute Gasteiger partial charge is 0.254 e. The molecule has 1 unspecified atom stereocenters. The molecule has 1 saturated heterocycles. The minimum atomic E-state index is -0.0705. The van der Waals surface area contributed by atoms with Gasteiger partial charge >= 0.3 is 0 Å². The summed E-state index contributed by atoms with van der Waals surface area (Å²) in [5.41, 5.74) is 6.31. The van der Waals surface area contributed by atoms with Crippen molar-refractivity contribution in [2.24, 2.45) is 11.7 Å². The van der Waals surface area contributed by atoms with Crippen LogP contribution in [0.1, 0.15) is 49.4 Å². The van der Waals surface area contributed by atoms with Crippen molar-refractivity contribution in [1.82, 2.24) is 10.2 Å². The third-order valence-electron chi connectivity index (χ3n) is 5.29. The average molecular weight is 392 g/mol. The van der Waals surface area contributed by atoms with E-state index < -0.39 is 0 Å². The Morgan fingerprint density at radius 3 is 2.29 bits per heavy atom. The van der Waals surface area contributed by atoms with Crippen LogP contribution in [0.2, 0.25) is 0 Å². The lowest BCUT2D eigenvalue weighted by molar-refractivity contribution is -0.127. The first kappa shape index (κ1) is 22.0. The van der Waals surface area contributed by atoms with Crippen molar-refractivity contribution in [2.75, 3.05) is 33.9 Å². The number of methoxy groups -OCH3 is 2. The zero-order chi connectivity index (χ0) is 20.5. The van der Waals surface area contributed by atoms with Crippen molar-refractivity contribution in [1.29, 1.82) is 0 Å². The number of piperidine rings is 1. The van der Waals surface area contributed by atoms with Crippen LogP contribution in [0.4, 0.5) is 0 Å². The van der Waals surface area contributed by atoms with Gasteiger partial charge in [0.25, 0.3) is 5.91 Å². The third kappa shape index (κ3) is 5.86. The molecule has 7 nitrogen and oxygen atoms in total. The predicted octanol–water partition coefficient (Wildman–Crippen LogP) is 2.19. The molecule has 0 bridgehead atoms. The second-order valence-corrected chi connectivity index (χ2v) is 7.25. The Morgan fingerprint density at radius 2 is 1.79 bits per heavy atom. The summed E-state index contributed by atoms with van der Waals surface area (Å²) in [7, 11) is 3.12. The van der Waals surface area contributed by atoms with Crippen LogP contribution in [0, 0.1) is 5.92 Å². The van der Waals surface area contributed by atoms with Crippen LogP contribution >= 0.6 is 0 Å². The Labute approximate surface area is 167 Å². The molecule has 7 heteroatoms. The molecule has 0 radical (unpaired) electrons. The molecular weight excluding hydrogens is 358 g/mol. The van der Waals surface area contributed by atoms with Crippen LogP contribution in [0.3, 0.4) is 0 Å². The zero-order valence-corrected chi connectivity index (χ0v) is 17.2. The highest BCUT2D eigenvalue weighted by Gasteiger charge is 2.29. The first-order chi connectivity index (χ1) is 13.5. The monoisotopic (exact) mass is 391 g/mol. The molecule has 1 aromatic carbocycles. The normalized spacial score (nSPS) is 15.8. The number of carbonyl (C=O) groups excluding carboxylic acids is 2. The van der Waals surface area contributed by atoms with Gasteiger partial charge in [-0.25, -0.2) is 0 Å². The maximum Gasteiger partial charge on any atom is 0.254 e. The van der Waals surface area contributed by atoms with Gasteiger partial charge in [-0.3, -0.25) is 9.59 Å². The van der Waals surface area contributed by atoms with E-state index in [0.29, 0.717) is 49.5 Å². The van der Waals surface area contributed by atoms with E-state index >= 15 is 0 Å². The maximum absolute atomic E-state index is 12.9. The lowest BCUT2D eigenvalue weighted by Crippen LogP contribution is -2.47. The number of nitrogens with one attached hydrogen (secondary N) is 1. The van der Waals surface area contributed by atoms with Gasteiger partial charge in [-0.2, -0.15) is 0 Å². The summed E-state index contributed by atoms with van der Waals surface area (Å²) in [4.78, 5) is 27.2. The largest absolute Gasteiger partial charge is 0.497 e. The molecule has 28 heavy (non-hydrogen) atoms. The molecule has 2 amide bonds. The van der Waals surface area contributed by atoms with E-state index in [9.17, 15) is 9.59 Å². The standard InChI is InChI=1S/C21H33N3O4/c1-4-5-6-17(14-22)23-20(25)15-7-9-24(10-8-15)21(26)16-11-18(27-2)13-19(12-16)28-3/h11-13,15,17H,4-10,14,22H2,1-3H3,(H,23,25). The number of ether oxygens (including phenoxy) is 2. The number of hydrogen-bond acceptors (Lipinski definition) is 5. The third-order valence-corrected chi connectivity index (χ3v) is 5.29. The number of hydrogen-bond donors (Lipinski definition) is 2. The number of unbranched alkanes of at least 4 members (excludes halogenated alkanes) is 1. The Balaban J connectivity index is 1.92. The highest BCUT2D eigenvalue weighted by Crippen LogP contribution is 2.25. The molecule has 156 valence electrons. The second-order valence-electron chi connectivity index (χ2n) is 7.25. The van der Waals surface area contributed by atoms with Gasteiger partial charge in [0.15, 0.2) is 0 Å². The van der Waals surface area contributed by atoms with Crippen LogP contribution < -0.4 is 20.5 Å². The molecule has 1 fully saturated rings. The molecule has 3 N–H and O–H groups in total. The summed E-state index contributed by atoms with van der Waals surface area (Å²) in [5.74, 6) is 1.08. The van der Waals surface area contributed by atoms with Gasteiger partial charge in [0.1, 0.15) is 11.5 Å². The van der Waals surface area contributed by atoms with Gasteiger partial charge in [-0.05, 0) is 31.4 Å². The van der Waals surface area contributed by atoms with E-state index in [4.69, 9.17) is 15.2 Å². The summed E-state index contributed by atoms with van der Waals surface area (Å²) in [5, 5.41) is 3.08. The van der Waals surface area contributed by atoms with E-state index in [1.165, 1.54) is 0 Å². The quantitative estimate of drug-likeness (QED) is 0.673. The van der Waals surface area contributed by atoms with E-state index in [0.717, 1.165) is 19.3 Å². The van der Waals surface area contributed by atoms with Gasteiger partial charge in [0.05, 0.1) is 14.2 Å². The average Bonchev–Trinajstić information content (AvgIpc) is 2.75. The fourth-order valence-electron chi connectivity index (χ4n) is 3.48. The minimum Gasteiger partial charge on any atom is -0.497 e. The van der Waals surface area contributed by atoms with Crippen LogP contribution in [0.25, 0.3) is 0 Å². The molecule has 1 aliphatic rings. The molecule has 1 aliphatic heterocycles. The van der Waals surface area contributed by atoms with Crippen molar-refractivity contribution in [3.63, 3.8) is 0 Å². The SMILES string of the molecule is CCCCC(CN)NC(=O)C1CCN(C(=O)c2cc(OC)cc(OC)c2)CC1. The summed E-state index contributed by atoms with van der Waals surface area (Å²) in [6.07, 6.45) is 4.36. The number of amides is 2. The Bertz CT molecular complexity index is 635. The number of benzene rings is 1. The van der Waals surface area contributed by atoms with Crippen molar-refractivity contribution >= 4 is 11.8 Å². The van der Waals surface area contributed by atoms with Crippen molar-refractivity contribution < 1.29 is 19.1 Å². The summed E-state index contributed by atoms with van der Waals surface area (Å²) in [6.45, 7) is 3.69. The van der Waals surface area contributed by atoms with E-state index in [1.807, 2.05) is 0 Å². The number of rotatable bonds is 9. The van der Waals surface area contributed by atoms with E-state index in [-0.39, 0.29) is 23.8 Å². The minimum absolute atomic E-state index is 0.0383. The van der Waals surface area contributed by atoms with Crippen LogP contribution in [-0.4, -0.2) is 56.6 Å². The lowest BCUT2D eigenvalue weighted by Gasteiger charge is -2.32. The van der Waals surface area contributed by atoms with Gasteiger partial charge in [-0.1, -0.05) is 19.8 Å². The molecule has 0 aromatic heterocycles. The summed E-state index contributed by atoms with van der Waals surface area (Å²) >= 11 is 0. The molecule has 0 saturated carbocycles. The number of nitrogens with zero attached hydrogens (tertiary/aromatic N) is 1. The second kappa shape index (κ2) is 10.9. The zero-order valence-electron chi connectivity index (χ0n) is 17.2. The topological polar surface area (TPSA) is 93.9 Å². The molecule has 0 spiro atoms. The molecular formula is C21H33N3O4. The Morgan fingerprint density at radius 1 is 1.18 bits per heavy atom. The predicted molar refractivity (Wildman–Crippen MR) is 109 cm³/mol.